The van der Waals surface area contributed by atoms with Crippen LogP contribution < -0.4 is 0 Å². The van der Waals surface area contributed by atoms with E-state index in [-0.39, 0.29) is 11.4 Å². The third-order valence-electron chi connectivity index (χ3n) is 2.15. The van der Waals surface area contributed by atoms with Gasteiger partial charge in [0.2, 0.25) is 0 Å². The summed E-state index contributed by atoms with van der Waals surface area (Å²) in [6.07, 6.45) is 3.72. The molecule has 0 aromatic heterocycles. The van der Waals surface area contributed by atoms with Gasteiger partial charge in [-0.1, -0.05) is 0 Å². The summed E-state index contributed by atoms with van der Waals surface area (Å²) in [5.74, 6) is 0.0776. The molecule has 1 heterocycles. The van der Waals surface area contributed by atoms with Gasteiger partial charge in [-0.3, -0.25) is 4.79 Å². The lowest BCUT2D eigenvalue weighted by molar-refractivity contribution is -0.136. The number of thioether (sulfide) groups is 1. The van der Waals surface area contributed by atoms with Crippen LogP contribution in [0, 0.1) is 0 Å². The van der Waals surface area contributed by atoms with E-state index in [2.05, 4.69) is 0 Å². The Bertz CT molecular complexity index is 166. The molecule has 76 valence electrons. The van der Waals surface area contributed by atoms with Gasteiger partial charge in [0.1, 0.15) is 0 Å². The van der Waals surface area contributed by atoms with Gasteiger partial charge in [-0.05, 0) is 26.2 Å². The van der Waals surface area contributed by atoms with Gasteiger partial charge in [-0.15, -0.1) is 11.8 Å². The van der Waals surface area contributed by atoms with Crippen LogP contribution in [0.15, 0.2) is 0 Å². The lowest BCUT2D eigenvalue weighted by Crippen LogP contribution is -2.23. The molecule has 2 atom stereocenters. The van der Waals surface area contributed by atoms with E-state index in [9.17, 15) is 4.79 Å². The Balaban J connectivity index is 2.13. The van der Waals surface area contributed by atoms with Crippen LogP contribution in [0.2, 0.25) is 0 Å². The minimum atomic E-state index is -0.735. The Labute approximate surface area is 82.8 Å². The second-order valence-electron chi connectivity index (χ2n) is 3.30. The maximum Gasteiger partial charge on any atom is 0.316 e. The summed E-state index contributed by atoms with van der Waals surface area (Å²) in [6, 6.07) is 0. The van der Waals surface area contributed by atoms with E-state index >= 15 is 0 Å². The standard InChI is InChI=1S/C9H16O3S/c1-7(9(10)11)13-6-8-4-2-3-5-12-8/h7-8H,2-6H2,1H3,(H,10,11). The molecule has 0 radical (unpaired) electrons. The molecular weight excluding hydrogens is 188 g/mol. The van der Waals surface area contributed by atoms with Gasteiger partial charge in [-0.2, -0.15) is 0 Å². The molecule has 2 unspecified atom stereocenters. The van der Waals surface area contributed by atoms with E-state index in [1.165, 1.54) is 18.2 Å². The first-order valence-electron chi connectivity index (χ1n) is 4.66. The number of rotatable bonds is 4. The molecule has 13 heavy (non-hydrogen) atoms. The molecule has 1 aliphatic heterocycles. The summed E-state index contributed by atoms with van der Waals surface area (Å²) >= 11 is 1.47. The monoisotopic (exact) mass is 204 g/mol. The Morgan fingerprint density at radius 1 is 1.69 bits per heavy atom. The highest BCUT2D eigenvalue weighted by molar-refractivity contribution is 8.00. The molecular formula is C9H16O3S. The molecule has 0 aromatic rings. The summed E-state index contributed by atoms with van der Waals surface area (Å²) < 4.78 is 5.49. The molecule has 1 fully saturated rings. The van der Waals surface area contributed by atoms with Crippen molar-refractivity contribution in [3.05, 3.63) is 0 Å². The summed E-state index contributed by atoms with van der Waals surface area (Å²) in [6.45, 7) is 2.56. The van der Waals surface area contributed by atoms with Crippen molar-refractivity contribution >= 4 is 17.7 Å². The predicted molar refractivity (Wildman–Crippen MR) is 53.1 cm³/mol. The van der Waals surface area contributed by atoms with Crippen LogP contribution in [0.3, 0.4) is 0 Å². The van der Waals surface area contributed by atoms with E-state index in [1.807, 2.05) is 0 Å². The molecule has 0 aromatic carbocycles. The van der Waals surface area contributed by atoms with Crippen LogP contribution in [-0.4, -0.2) is 34.8 Å². The average molecular weight is 204 g/mol. The normalized spacial score (nSPS) is 25.5. The van der Waals surface area contributed by atoms with Crippen molar-refractivity contribution in [2.45, 2.75) is 37.5 Å². The number of aliphatic carboxylic acids is 1. The summed E-state index contributed by atoms with van der Waals surface area (Å²) in [4.78, 5) is 10.5. The maximum atomic E-state index is 10.5. The molecule has 3 nitrogen and oxygen atoms in total. The second kappa shape index (κ2) is 5.50. The highest BCUT2D eigenvalue weighted by Gasteiger charge is 2.17. The molecule has 0 spiro atoms. The largest absolute Gasteiger partial charge is 0.480 e. The fourth-order valence-electron chi connectivity index (χ4n) is 1.26. The highest BCUT2D eigenvalue weighted by atomic mass is 32.2. The molecule has 0 amide bonds. The third-order valence-corrected chi connectivity index (χ3v) is 3.42. The average Bonchev–Trinajstić information content (AvgIpc) is 2.15. The second-order valence-corrected chi connectivity index (χ2v) is 4.68. The number of carbonyl (C=O) groups is 1. The molecule has 0 saturated carbocycles. The van der Waals surface area contributed by atoms with Crippen molar-refractivity contribution in [3.8, 4) is 0 Å². The number of hydrogen-bond acceptors (Lipinski definition) is 3. The van der Waals surface area contributed by atoms with E-state index in [0.717, 1.165) is 25.2 Å². The van der Waals surface area contributed by atoms with Gasteiger partial charge in [0.15, 0.2) is 0 Å². The first-order chi connectivity index (χ1) is 6.20. The van der Waals surface area contributed by atoms with Gasteiger partial charge in [0.25, 0.3) is 0 Å². The third kappa shape index (κ3) is 4.00. The minimum Gasteiger partial charge on any atom is -0.480 e. The van der Waals surface area contributed by atoms with Gasteiger partial charge in [0.05, 0.1) is 11.4 Å². The van der Waals surface area contributed by atoms with Crippen LogP contribution in [0.4, 0.5) is 0 Å². The highest BCUT2D eigenvalue weighted by Crippen LogP contribution is 2.19. The summed E-state index contributed by atoms with van der Waals surface area (Å²) in [5, 5.41) is 8.34. The molecule has 0 aliphatic carbocycles. The Morgan fingerprint density at radius 2 is 2.46 bits per heavy atom. The number of hydrogen-bond donors (Lipinski definition) is 1. The smallest absolute Gasteiger partial charge is 0.316 e. The van der Waals surface area contributed by atoms with Crippen LogP contribution in [-0.2, 0) is 9.53 Å². The van der Waals surface area contributed by atoms with Gasteiger partial charge in [0, 0.05) is 12.4 Å². The van der Waals surface area contributed by atoms with E-state index in [4.69, 9.17) is 9.84 Å². The zero-order chi connectivity index (χ0) is 9.68. The summed E-state index contributed by atoms with van der Waals surface area (Å²) in [7, 11) is 0. The van der Waals surface area contributed by atoms with Crippen molar-refractivity contribution in [2.75, 3.05) is 12.4 Å². The van der Waals surface area contributed by atoms with Crippen LogP contribution in [0.25, 0.3) is 0 Å². The van der Waals surface area contributed by atoms with Gasteiger partial charge in [-0.25, -0.2) is 0 Å². The molecule has 0 bridgehead atoms. The minimum absolute atomic E-state index is 0.278. The molecule has 1 rings (SSSR count). The van der Waals surface area contributed by atoms with Crippen molar-refractivity contribution < 1.29 is 14.6 Å². The van der Waals surface area contributed by atoms with Crippen molar-refractivity contribution in [1.29, 1.82) is 0 Å². The molecule has 1 saturated heterocycles. The molecule has 1 N–H and O–H groups in total. The topological polar surface area (TPSA) is 46.5 Å². The first-order valence-corrected chi connectivity index (χ1v) is 5.71. The summed E-state index contributed by atoms with van der Waals surface area (Å²) in [5.41, 5.74) is 0. The van der Waals surface area contributed by atoms with E-state index < -0.39 is 5.97 Å². The number of carboxylic acids is 1. The lowest BCUT2D eigenvalue weighted by atomic mass is 10.1. The quantitative estimate of drug-likeness (QED) is 0.758. The Hall–Kier alpha value is -0.220. The maximum absolute atomic E-state index is 10.5. The predicted octanol–water partition coefficient (Wildman–Crippen LogP) is 1.76. The lowest BCUT2D eigenvalue weighted by Gasteiger charge is -2.22. The van der Waals surface area contributed by atoms with Crippen molar-refractivity contribution in [3.63, 3.8) is 0 Å². The van der Waals surface area contributed by atoms with E-state index in [0.29, 0.717) is 0 Å². The van der Waals surface area contributed by atoms with Crippen molar-refractivity contribution in [2.24, 2.45) is 0 Å². The van der Waals surface area contributed by atoms with Crippen LogP contribution >= 0.6 is 11.8 Å². The Morgan fingerprint density at radius 3 is 3.00 bits per heavy atom. The molecule has 4 heteroatoms. The van der Waals surface area contributed by atoms with Gasteiger partial charge >= 0.3 is 5.97 Å². The number of carboxylic acid groups (broad SMARTS) is 1. The SMILES string of the molecule is CC(SCC1CCCCO1)C(=O)O. The zero-order valence-electron chi connectivity index (χ0n) is 7.86. The molecule has 1 aliphatic rings. The number of ether oxygens (including phenoxy) is 1. The van der Waals surface area contributed by atoms with Crippen LogP contribution in [0.1, 0.15) is 26.2 Å². The zero-order valence-corrected chi connectivity index (χ0v) is 8.68. The fourth-order valence-corrected chi connectivity index (χ4v) is 2.17. The fraction of sp³-hybridized carbons (Fsp3) is 0.889. The van der Waals surface area contributed by atoms with Crippen LogP contribution in [0.5, 0.6) is 0 Å². The Kier molecular flexibility index (Phi) is 4.59. The van der Waals surface area contributed by atoms with Gasteiger partial charge < -0.3 is 9.84 Å². The first kappa shape index (κ1) is 10.9. The van der Waals surface area contributed by atoms with E-state index in [1.54, 1.807) is 6.92 Å². The van der Waals surface area contributed by atoms with Crippen molar-refractivity contribution in [1.82, 2.24) is 0 Å².